The predicted molar refractivity (Wildman–Crippen MR) is 81.7 cm³/mol. The Bertz CT molecular complexity index is 489. The van der Waals surface area contributed by atoms with E-state index in [1.165, 1.54) is 19.3 Å². The molecule has 1 aromatic heterocycles. The van der Waals surface area contributed by atoms with Gasteiger partial charge in [-0.1, -0.05) is 6.42 Å². The Balaban J connectivity index is 1.62. The molecule has 2 aliphatic heterocycles. The van der Waals surface area contributed by atoms with Crippen LogP contribution in [0.1, 0.15) is 42.6 Å². The van der Waals surface area contributed by atoms with Gasteiger partial charge in [0.2, 0.25) is 0 Å². The van der Waals surface area contributed by atoms with Gasteiger partial charge in [-0.25, -0.2) is 4.98 Å². The van der Waals surface area contributed by atoms with Crippen LogP contribution in [0.25, 0.3) is 0 Å². The van der Waals surface area contributed by atoms with Crippen molar-refractivity contribution >= 4 is 11.6 Å². The highest BCUT2D eigenvalue weighted by Gasteiger charge is 2.36. The largest absolute Gasteiger partial charge is 0.348 e. The fourth-order valence-corrected chi connectivity index (χ4v) is 3.61. The standard InChI is InChI=1S/C15H23N5O/c1-20-12-3-2-4-13(20)8-11(7-12)18-15(21)14-6-5-10(19-16)9-17-14/h5-6,9,11-13,19H,2-4,7-8,16H2,1H3,(H,18,21). The first-order valence-electron chi connectivity index (χ1n) is 7.63. The SMILES string of the molecule is CN1C2CCCC1CC(NC(=O)c1ccc(NN)cn1)C2. The molecule has 1 aromatic rings. The molecule has 2 bridgehead atoms. The second kappa shape index (κ2) is 5.99. The molecule has 2 fully saturated rings. The maximum atomic E-state index is 12.3. The van der Waals surface area contributed by atoms with Gasteiger partial charge in [0, 0.05) is 18.1 Å². The van der Waals surface area contributed by atoms with Gasteiger partial charge >= 0.3 is 0 Å². The van der Waals surface area contributed by atoms with Gasteiger partial charge in [-0.15, -0.1) is 0 Å². The third kappa shape index (κ3) is 3.01. The minimum absolute atomic E-state index is 0.0915. The van der Waals surface area contributed by atoms with Crippen LogP contribution >= 0.6 is 0 Å². The van der Waals surface area contributed by atoms with Gasteiger partial charge in [0.1, 0.15) is 5.69 Å². The summed E-state index contributed by atoms with van der Waals surface area (Å²) in [5.74, 6) is 5.20. The minimum atomic E-state index is -0.0915. The fraction of sp³-hybridized carbons (Fsp3) is 0.600. The van der Waals surface area contributed by atoms with E-state index in [9.17, 15) is 4.79 Å². The van der Waals surface area contributed by atoms with Crippen LogP contribution in [0.5, 0.6) is 0 Å². The molecule has 3 rings (SSSR count). The quantitative estimate of drug-likeness (QED) is 0.573. The first-order chi connectivity index (χ1) is 10.2. The Hall–Kier alpha value is -1.66. The summed E-state index contributed by atoms with van der Waals surface area (Å²) in [4.78, 5) is 18.9. The van der Waals surface area contributed by atoms with E-state index >= 15 is 0 Å². The molecule has 2 aliphatic rings. The predicted octanol–water partition coefficient (Wildman–Crippen LogP) is 1.11. The second-order valence-corrected chi connectivity index (χ2v) is 6.12. The molecule has 2 unspecified atom stereocenters. The molecule has 3 heterocycles. The molecule has 0 saturated carbocycles. The number of fused-ring (bicyclic) bond motifs is 2. The molecule has 0 spiro atoms. The van der Waals surface area contributed by atoms with Crippen LogP contribution in [-0.2, 0) is 0 Å². The van der Waals surface area contributed by atoms with Gasteiger partial charge in [0.15, 0.2) is 0 Å². The number of aromatic nitrogens is 1. The average molecular weight is 289 g/mol. The zero-order chi connectivity index (χ0) is 14.8. The van der Waals surface area contributed by atoms with Crippen LogP contribution in [0, 0.1) is 0 Å². The first kappa shape index (κ1) is 14.3. The van der Waals surface area contributed by atoms with Crippen molar-refractivity contribution in [1.29, 1.82) is 0 Å². The van der Waals surface area contributed by atoms with Crippen LogP contribution in [0.3, 0.4) is 0 Å². The zero-order valence-corrected chi connectivity index (χ0v) is 12.4. The molecule has 114 valence electrons. The summed E-state index contributed by atoms with van der Waals surface area (Å²) in [7, 11) is 2.21. The lowest BCUT2D eigenvalue weighted by atomic mass is 9.82. The van der Waals surface area contributed by atoms with Crippen molar-refractivity contribution in [3.63, 3.8) is 0 Å². The Morgan fingerprint density at radius 1 is 1.33 bits per heavy atom. The van der Waals surface area contributed by atoms with Crippen molar-refractivity contribution < 1.29 is 4.79 Å². The van der Waals surface area contributed by atoms with Gasteiger partial charge in [-0.3, -0.25) is 10.6 Å². The van der Waals surface area contributed by atoms with Crippen molar-refractivity contribution in [2.24, 2.45) is 5.84 Å². The van der Waals surface area contributed by atoms with Gasteiger partial charge in [0.05, 0.1) is 11.9 Å². The maximum absolute atomic E-state index is 12.3. The smallest absolute Gasteiger partial charge is 0.270 e. The van der Waals surface area contributed by atoms with E-state index in [-0.39, 0.29) is 11.9 Å². The molecular weight excluding hydrogens is 266 g/mol. The second-order valence-electron chi connectivity index (χ2n) is 6.12. The van der Waals surface area contributed by atoms with Crippen molar-refractivity contribution in [2.45, 2.75) is 50.2 Å². The molecule has 0 aromatic carbocycles. The molecule has 2 atom stereocenters. The molecule has 4 N–H and O–H groups in total. The number of anilines is 1. The first-order valence-corrected chi connectivity index (χ1v) is 7.63. The highest BCUT2D eigenvalue weighted by Crippen LogP contribution is 2.32. The van der Waals surface area contributed by atoms with E-state index in [2.05, 4.69) is 27.7 Å². The van der Waals surface area contributed by atoms with E-state index < -0.39 is 0 Å². The van der Waals surface area contributed by atoms with Crippen molar-refractivity contribution in [3.05, 3.63) is 24.0 Å². The molecule has 1 amide bonds. The van der Waals surface area contributed by atoms with E-state index in [1.807, 2.05) is 0 Å². The number of hydrogen-bond acceptors (Lipinski definition) is 5. The molecule has 0 radical (unpaired) electrons. The fourth-order valence-electron chi connectivity index (χ4n) is 3.61. The number of nitrogen functional groups attached to an aromatic ring is 1. The number of rotatable bonds is 3. The number of carbonyl (C=O) groups is 1. The zero-order valence-electron chi connectivity index (χ0n) is 12.4. The van der Waals surface area contributed by atoms with E-state index in [4.69, 9.17) is 5.84 Å². The minimum Gasteiger partial charge on any atom is -0.348 e. The topological polar surface area (TPSA) is 83.3 Å². The summed E-state index contributed by atoms with van der Waals surface area (Å²) in [5, 5.41) is 3.14. The molecule has 21 heavy (non-hydrogen) atoms. The number of nitrogens with zero attached hydrogens (tertiary/aromatic N) is 2. The number of nitrogens with one attached hydrogen (secondary N) is 2. The van der Waals surface area contributed by atoms with Crippen molar-refractivity contribution in [1.82, 2.24) is 15.2 Å². The highest BCUT2D eigenvalue weighted by molar-refractivity contribution is 5.92. The van der Waals surface area contributed by atoms with E-state index in [0.717, 1.165) is 12.8 Å². The number of pyridine rings is 1. The Morgan fingerprint density at radius 3 is 2.62 bits per heavy atom. The number of hydrogen-bond donors (Lipinski definition) is 3. The van der Waals surface area contributed by atoms with Crippen LogP contribution in [0.4, 0.5) is 5.69 Å². The summed E-state index contributed by atoms with van der Waals surface area (Å²) in [6.07, 6.45) is 7.46. The number of piperidine rings is 2. The number of carbonyl (C=O) groups excluding carboxylic acids is 1. The number of hydrazine groups is 1. The van der Waals surface area contributed by atoms with Crippen LogP contribution in [0.2, 0.25) is 0 Å². The monoisotopic (exact) mass is 289 g/mol. The van der Waals surface area contributed by atoms with Gasteiger partial charge in [0.25, 0.3) is 5.91 Å². The average Bonchev–Trinajstić information content (AvgIpc) is 2.48. The summed E-state index contributed by atoms with van der Waals surface area (Å²) in [6, 6.07) is 4.93. The van der Waals surface area contributed by atoms with E-state index in [0.29, 0.717) is 23.5 Å². The molecular formula is C15H23N5O. The third-order valence-electron chi connectivity index (χ3n) is 4.84. The highest BCUT2D eigenvalue weighted by atomic mass is 16.1. The lowest BCUT2D eigenvalue weighted by Gasteiger charge is -2.47. The van der Waals surface area contributed by atoms with Crippen molar-refractivity contribution in [2.75, 3.05) is 12.5 Å². The Morgan fingerprint density at radius 2 is 2.05 bits per heavy atom. The number of amides is 1. The maximum Gasteiger partial charge on any atom is 0.270 e. The van der Waals surface area contributed by atoms with Crippen LogP contribution in [-0.4, -0.2) is 41.0 Å². The molecule has 6 heteroatoms. The van der Waals surface area contributed by atoms with Gasteiger partial charge < -0.3 is 15.6 Å². The normalized spacial score (nSPS) is 29.0. The van der Waals surface area contributed by atoms with Gasteiger partial charge in [-0.05, 0) is 44.9 Å². The molecule has 0 aliphatic carbocycles. The van der Waals surface area contributed by atoms with Crippen LogP contribution in [0.15, 0.2) is 18.3 Å². The summed E-state index contributed by atoms with van der Waals surface area (Å²) >= 11 is 0. The number of nitrogens with two attached hydrogens (primary N) is 1. The lowest BCUT2D eigenvalue weighted by molar-refractivity contribution is 0.0462. The third-order valence-corrected chi connectivity index (χ3v) is 4.84. The Labute approximate surface area is 125 Å². The van der Waals surface area contributed by atoms with Gasteiger partial charge in [-0.2, -0.15) is 0 Å². The summed E-state index contributed by atoms with van der Waals surface area (Å²) in [5.41, 5.74) is 3.64. The summed E-state index contributed by atoms with van der Waals surface area (Å²) in [6.45, 7) is 0. The summed E-state index contributed by atoms with van der Waals surface area (Å²) < 4.78 is 0. The molecule has 2 saturated heterocycles. The van der Waals surface area contributed by atoms with Crippen LogP contribution < -0.4 is 16.6 Å². The van der Waals surface area contributed by atoms with Crippen molar-refractivity contribution in [3.8, 4) is 0 Å². The lowest BCUT2D eigenvalue weighted by Crippen LogP contribution is -2.55. The Kier molecular flexibility index (Phi) is 4.07. The van der Waals surface area contributed by atoms with E-state index in [1.54, 1.807) is 18.3 Å². The molecule has 6 nitrogen and oxygen atoms in total.